The van der Waals surface area contributed by atoms with Gasteiger partial charge >= 0.3 is 0 Å². The fourth-order valence-electron chi connectivity index (χ4n) is 4.81. The number of piperidine rings is 1. The first-order valence-corrected chi connectivity index (χ1v) is 10.3. The molecule has 5 heteroatoms. The Hall–Kier alpha value is -2.92. The number of aromatic nitrogens is 2. The summed E-state index contributed by atoms with van der Waals surface area (Å²) in [4.78, 5) is 8.96. The Kier molecular flexibility index (Phi) is 3.84. The lowest BCUT2D eigenvalue weighted by Gasteiger charge is -2.46. The Balaban J connectivity index is 1.27. The van der Waals surface area contributed by atoms with Crippen molar-refractivity contribution in [1.29, 1.82) is 0 Å². The molecule has 3 fully saturated rings. The van der Waals surface area contributed by atoms with Crippen LogP contribution in [0, 0.1) is 6.92 Å². The molecule has 1 aliphatic carbocycles. The number of nitrogens with zero attached hydrogens (tertiary/aromatic N) is 2. The number of hydrogen-bond acceptors (Lipinski definition) is 5. The van der Waals surface area contributed by atoms with Crippen molar-refractivity contribution >= 4 is 0 Å². The average Bonchev–Trinajstić information content (AvgIpc) is 2.72. The van der Waals surface area contributed by atoms with Crippen LogP contribution in [0.1, 0.15) is 30.5 Å². The smallest absolute Gasteiger partial charge is 0.225 e. The highest BCUT2D eigenvalue weighted by atomic mass is 16.5. The number of pyridine rings is 2. The molecule has 0 spiro atoms. The zero-order valence-corrected chi connectivity index (χ0v) is 16.4. The van der Waals surface area contributed by atoms with Crippen molar-refractivity contribution in [2.75, 3.05) is 0 Å². The summed E-state index contributed by atoms with van der Waals surface area (Å²) in [5.74, 6) is 1.34. The van der Waals surface area contributed by atoms with Gasteiger partial charge in [0.05, 0.1) is 0 Å². The van der Waals surface area contributed by atoms with Crippen LogP contribution in [-0.2, 0) is 6.61 Å². The molecule has 1 N–H and O–H groups in total. The van der Waals surface area contributed by atoms with Gasteiger partial charge in [-0.15, -0.1) is 0 Å². The quantitative estimate of drug-likeness (QED) is 0.729. The van der Waals surface area contributed by atoms with Crippen molar-refractivity contribution < 1.29 is 9.47 Å². The van der Waals surface area contributed by atoms with Crippen LogP contribution in [-0.4, -0.2) is 28.2 Å². The summed E-state index contributed by atoms with van der Waals surface area (Å²) in [6, 6.07) is 16.0. The third-order valence-corrected chi connectivity index (χ3v) is 6.25. The third kappa shape index (κ3) is 3.06. The summed E-state index contributed by atoms with van der Waals surface area (Å²) in [7, 11) is 0. The minimum absolute atomic E-state index is 0.257. The van der Waals surface area contributed by atoms with Crippen molar-refractivity contribution in [2.45, 2.75) is 51.0 Å². The molecule has 1 saturated carbocycles. The normalized spacial score (nSPS) is 24.0. The van der Waals surface area contributed by atoms with Crippen LogP contribution in [0.3, 0.4) is 0 Å². The van der Waals surface area contributed by atoms with E-state index in [0.717, 1.165) is 24.1 Å². The maximum Gasteiger partial charge on any atom is 0.225 e. The molecule has 2 unspecified atom stereocenters. The van der Waals surface area contributed by atoms with Gasteiger partial charge in [0.1, 0.15) is 12.7 Å². The second-order valence-corrected chi connectivity index (χ2v) is 8.36. The van der Waals surface area contributed by atoms with E-state index in [4.69, 9.17) is 9.47 Å². The lowest BCUT2D eigenvalue weighted by molar-refractivity contribution is 0.0521. The summed E-state index contributed by atoms with van der Waals surface area (Å²) in [6.07, 6.45) is 5.53. The standard InChI is InChI=1S/C24H23N3O2/c1-14-8-16(6-7-25-14)15-2-3-21-17(9-15)13-28-24-22(21)4-5-23(27-24)29-20-11-18-10-19(12-20)26-18/h2-9,18-20,26H,10-13H2,1H3. The van der Waals surface area contributed by atoms with Crippen LogP contribution in [0.5, 0.6) is 11.8 Å². The zero-order valence-electron chi connectivity index (χ0n) is 16.4. The molecule has 4 aliphatic rings. The molecule has 146 valence electrons. The minimum Gasteiger partial charge on any atom is -0.474 e. The van der Waals surface area contributed by atoms with E-state index in [9.17, 15) is 0 Å². The number of benzene rings is 1. The van der Waals surface area contributed by atoms with E-state index < -0.39 is 0 Å². The molecular weight excluding hydrogens is 362 g/mol. The van der Waals surface area contributed by atoms with Crippen LogP contribution in [0.15, 0.2) is 48.7 Å². The second-order valence-electron chi connectivity index (χ2n) is 8.36. The van der Waals surface area contributed by atoms with E-state index in [0.29, 0.717) is 30.5 Å². The summed E-state index contributed by atoms with van der Waals surface area (Å²) in [6.45, 7) is 2.54. The van der Waals surface area contributed by atoms with Crippen molar-refractivity contribution in [3.8, 4) is 34.0 Å². The molecule has 5 heterocycles. The highest BCUT2D eigenvalue weighted by Gasteiger charge is 2.38. The van der Waals surface area contributed by atoms with Gasteiger partial charge in [-0.3, -0.25) is 4.98 Å². The first-order valence-electron chi connectivity index (χ1n) is 10.3. The maximum absolute atomic E-state index is 6.16. The molecule has 7 rings (SSSR count). The first kappa shape index (κ1) is 17.0. The second kappa shape index (κ2) is 6.56. The highest BCUT2D eigenvalue weighted by Crippen LogP contribution is 2.39. The van der Waals surface area contributed by atoms with Gasteiger partial charge in [-0.1, -0.05) is 12.1 Å². The number of ether oxygens (including phenoxy) is 2. The van der Waals surface area contributed by atoms with E-state index in [1.165, 1.54) is 28.7 Å². The van der Waals surface area contributed by atoms with Crippen molar-refractivity contribution in [3.63, 3.8) is 0 Å². The zero-order chi connectivity index (χ0) is 19.4. The fraction of sp³-hybridized carbons (Fsp3) is 0.333. The summed E-state index contributed by atoms with van der Waals surface area (Å²) >= 11 is 0. The lowest BCUT2D eigenvalue weighted by atomic mass is 9.81. The van der Waals surface area contributed by atoms with E-state index in [2.05, 4.69) is 45.6 Å². The summed E-state index contributed by atoms with van der Waals surface area (Å²) in [5, 5.41) is 3.55. The largest absolute Gasteiger partial charge is 0.474 e. The van der Waals surface area contributed by atoms with Gasteiger partial charge < -0.3 is 14.8 Å². The van der Waals surface area contributed by atoms with Crippen molar-refractivity contribution in [1.82, 2.24) is 15.3 Å². The molecule has 1 aromatic carbocycles. The molecule has 2 aromatic heterocycles. The molecule has 0 radical (unpaired) electrons. The number of rotatable bonds is 3. The van der Waals surface area contributed by atoms with Gasteiger partial charge in [-0.05, 0) is 72.7 Å². The minimum atomic E-state index is 0.257. The van der Waals surface area contributed by atoms with Crippen LogP contribution in [0.4, 0.5) is 0 Å². The molecular formula is C24H23N3O2. The van der Waals surface area contributed by atoms with E-state index in [1.54, 1.807) is 0 Å². The molecule has 2 saturated heterocycles. The molecule has 29 heavy (non-hydrogen) atoms. The lowest BCUT2D eigenvalue weighted by Crippen LogP contribution is -2.60. The first-order chi connectivity index (χ1) is 14.2. The van der Waals surface area contributed by atoms with Crippen LogP contribution < -0.4 is 14.8 Å². The van der Waals surface area contributed by atoms with Gasteiger partial charge in [0.25, 0.3) is 0 Å². The number of nitrogens with one attached hydrogen (secondary N) is 1. The van der Waals surface area contributed by atoms with E-state index in [-0.39, 0.29) is 6.10 Å². The fourth-order valence-corrected chi connectivity index (χ4v) is 4.81. The molecule has 2 bridgehead atoms. The van der Waals surface area contributed by atoms with Gasteiger partial charge in [0.2, 0.25) is 11.8 Å². The predicted molar refractivity (Wildman–Crippen MR) is 111 cm³/mol. The van der Waals surface area contributed by atoms with Crippen LogP contribution in [0.2, 0.25) is 0 Å². The molecule has 5 nitrogen and oxygen atoms in total. The third-order valence-electron chi connectivity index (χ3n) is 6.25. The Morgan fingerprint density at radius 1 is 0.966 bits per heavy atom. The Morgan fingerprint density at radius 3 is 2.59 bits per heavy atom. The van der Waals surface area contributed by atoms with E-state index in [1.807, 2.05) is 25.3 Å². The monoisotopic (exact) mass is 385 g/mol. The SMILES string of the molecule is Cc1cc(-c2ccc3c(c2)COc2nc(OC4CC5CC(C4)N5)ccc2-3)ccn1. The number of fused-ring (bicyclic) bond motifs is 5. The van der Waals surface area contributed by atoms with Gasteiger partial charge in [-0.2, -0.15) is 4.98 Å². The van der Waals surface area contributed by atoms with Crippen molar-refractivity contribution in [3.05, 3.63) is 59.9 Å². The number of aryl methyl sites for hydroxylation is 1. The Bertz CT molecular complexity index is 1080. The maximum atomic E-state index is 6.16. The summed E-state index contributed by atoms with van der Waals surface area (Å²) in [5.41, 5.74) is 6.77. The highest BCUT2D eigenvalue weighted by molar-refractivity contribution is 5.77. The molecule has 0 amide bonds. The average molecular weight is 385 g/mol. The molecule has 3 aromatic rings. The van der Waals surface area contributed by atoms with Crippen LogP contribution in [0.25, 0.3) is 22.3 Å². The van der Waals surface area contributed by atoms with Gasteiger partial charge in [0.15, 0.2) is 0 Å². The molecule has 3 aliphatic heterocycles. The van der Waals surface area contributed by atoms with Crippen molar-refractivity contribution in [2.24, 2.45) is 0 Å². The van der Waals surface area contributed by atoms with Gasteiger partial charge in [-0.25, -0.2) is 0 Å². The summed E-state index contributed by atoms with van der Waals surface area (Å²) < 4.78 is 12.2. The Labute approximate surface area is 170 Å². The number of hydrogen-bond donors (Lipinski definition) is 1. The van der Waals surface area contributed by atoms with E-state index >= 15 is 0 Å². The Morgan fingerprint density at radius 2 is 1.76 bits per heavy atom. The topological polar surface area (TPSA) is 56.3 Å². The predicted octanol–water partition coefficient (Wildman–Crippen LogP) is 4.28. The molecule has 2 atom stereocenters. The van der Waals surface area contributed by atoms with Gasteiger partial charge in [0, 0.05) is 35.6 Å². The van der Waals surface area contributed by atoms with Crippen LogP contribution >= 0.6 is 0 Å².